The minimum absolute atomic E-state index is 0.139. The molecule has 0 saturated carbocycles. The highest BCUT2D eigenvalue weighted by Crippen LogP contribution is 2.34. The van der Waals surface area contributed by atoms with Crippen LogP contribution in [0.2, 0.25) is 0 Å². The van der Waals surface area contributed by atoms with Crippen LogP contribution in [0.15, 0.2) is 35.7 Å². The maximum absolute atomic E-state index is 13.5. The molecule has 2 aromatic rings. The van der Waals surface area contributed by atoms with Crippen molar-refractivity contribution in [3.8, 4) is 0 Å². The van der Waals surface area contributed by atoms with Gasteiger partial charge in [0.25, 0.3) is 0 Å². The summed E-state index contributed by atoms with van der Waals surface area (Å²) >= 11 is 1.67. The maximum Gasteiger partial charge on any atom is 0.322 e. The monoisotopic (exact) mass is 304 g/mol. The number of aryl methyl sites for hydroxylation is 1. The number of carbonyl (C=O) groups excluding carboxylic acids is 1. The molecule has 21 heavy (non-hydrogen) atoms. The summed E-state index contributed by atoms with van der Waals surface area (Å²) in [7, 11) is 0. The van der Waals surface area contributed by atoms with Gasteiger partial charge in [-0.05, 0) is 48.9 Å². The molecular weight excluding hydrogens is 287 g/mol. The number of hydrogen-bond donors (Lipinski definition) is 1. The molecule has 1 fully saturated rings. The summed E-state index contributed by atoms with van der Waals surface area (Å²) in [5.74, 6) is -0.302. The number of nitrogens with zero attached hydrogens (tertiary/aromatic N) is 1. The fourth-order valence-electron chi connectivity index (χ4n) is 2.65. The van der Waals surface area contributed by atoms with E-state index in [4.69, 9.17) is 0 Å². The largest absolute Gasteiger partial charge is 0.322 e. The number of rotatable bonds is 2. The zero-order valence-corrected chi connectivity index (χ0v) is 12.6. The number of thiophene rings is 1. The van der Waals surface area contributed by atoms with E-state index in [2.05, 4.69) is 11.4 Å². The van der Waals surface area contributed by atoms with Gasteiger partial charge in [-0.1, -0.05) is 12.1 Å². The Morgan fingerprint density at radius 3 is 3.00 bits per heavy atom. The van der Waals surface area contributed by atoms with Gasteiger partial charge in [0.2, 0.25) is 0 Å². The number of halogens is 1. The normalized spacial score (nSPS) is 18.0. The zero-order valence-electron chi connectivity index (χ0n) is 11.8. The highest BCUT2D eigenvalue weighted by molar-refractivity contribution is 7.10. The summed E-state index contributed by atoms with van der Waals surface area (Å²) < 4.78 is 13.5. The molecule has 2 amide bonds. The lowest BCUT2D eigenvalue weighted by atomic mass is 10.2. The first-order chi connectivity index (χ1) is 10.1. The van der Waals surface area contributed by atoms with Crippen LogP contribution in [0.25, 0.3) is 0 Å². The van der Waals surface area contributed by atoms with Crippen LogP contribution in [-0.2, 0) is 0 Å². The molecule has 1 aliphatic rings. The first-order valence-electron chi connectivity index (χ1n) is 7.02. The lowest BCUT2D eigenvalue weighted by Crippen LogP contribution is -2.34. The number of benzene rings is 1. The van der Waals surface area contributed by atoms with E-state index in [1.165, 1.54) is 10.9 Å². The number of urea groups is 1. The van der Waals surface area contributed by atoms with Crippen molar-refractivity contribution in [2.45, 2.75) is 25.8 Å². The Morgan fingerprint density at radius 2 is 2.29 bits per heavy atom. The van der Waals surface area contributed by atoms with Gasteiger partial charge in [0.05, 0.1) is 6.04 Å². The molecule has 110 valence electrons. The summed E-state index contributed by atoms with van der Waals surface area (Å²) in [6.07, 6.45) is 1.98. The molecule has 1 atom stereocenters. The molecule has 0 unspecified atom stereocenters. The summed E-state index contributed by atoms with van der Waals surface area (Å²) in [5.41, 5.74) is 1.07. The summed E-state index contributed by atoms with van der Waals surface area (Å²) in [6.45, 7) is 2.44. The molecule has 1 N–H and O–H groups in total. The van der Waals surface area contributed by atoms with Crippen molar-refractivity contribution < 1.29 is 9.18 Å². The van der Waals surface area contributed by atoms with E-state index in [9.17, 15) is 9.18 Å². The quantitative estimate of drug-likeness (QED) is 0.866. The Hall–Kier alpha value is -1.88. The van der Waals surface area contributed by atoms with E-state index in [0.717, 1.165) is 19.4 Å². The Bertz CT molecular complexity index is 642. The van der Waals surface area contributed by atoms with Gasteiger partial charge < -0.3 is 10.2 Å². The molecule has 1 saturated heterocycles. The molecule has 0 spiro atoms. The minimum Gasteiger partial charge on any atom is -0.317 e. The van der Waals surface area contributed by atoms with E-state index >= 15 is 0 Å². The third-order valence-electron chi connectivity index (χ3n) is 3.81. The van der Waals surface area contributed by atoms with Crippen molar-refractivity contribution in [3.05, 3.63) is 52.0 Å². The van der Waals surface area contributed by atoms with E-state index in [0.29, 0.717) is 11.3 Å². The number of carbonyl (C=O) groups is 1. The highest BCUT2D eigenvalue weighted by atomic mass is 32.1. The van der Waals surface area contributed by atoms with E-state index in [1.54, 1.807) is 30.4 Å². The number of hydrogen-bond acceptors (Lipinski definition) is 2. The summed E-state index contributed by atoms with van der Waals surface area (Å²) in [4.78, 5) is 15.5. The van der Waals surface area contributed by atoms with Crippen molar-refractivity contribution in [1.82, 2.24) is 4.90 Å². The summed E-state index contributed by atoms with van der Waals surface area (Å²) in [6, 6.07) is 8.81. The van der Waals surface area contributed by atoms with Crippen LogP contribution < -0.4 is 5.32 Å². The highest BCUT2D eigenvalue weighted by Gasteiger charge is 2.30. The second-order valence-corrected chi connectivity index (χ2v) is 6.24. The molecule has 1 aromatic carbocycles. The van der Waals surface area contributed by atoms with Gasteiger partial charge in [-0.2, -0.15) is 0 Å². The average Bonchev–Trinajstić information content (AvgIpc) is 3.12. The van der Waals surface area contributed by atoms with Gasteiger partial charge in [-0.15, -0.1) is 11.3 Å². The van der Waals surface area contributed by atoms with Crippen LogP contribution in [0.4, 0.5) is 14.9 Å². The Labute approximate surface area is 127 Å². The second-order valence-electron chi connectivity index (χ2n) is 5.26. The number of amides is 2. The number of nitrogens with one attached hydrogen (secondary N) is 1. The smallest absolute Gasteiger partial charge is 0.317 e. The van der Waals surface area contributed by atoms with Crippen molar-refractivity contribution in [2.75, 3.05) is 11.9 Å². The summed E-state index contributed by atoms with van der Waals surface area (Å²) in [5, 5.41) is 4.82. The lowest BCUT2D eigenvalue weighted by Gasteiger charge is -2.24. The van der Waals surface area contributed by atoms with E-state index in [-0.39, 0.29) is 17.9 Å². The molecule has 5 heteroatoms. The van der Waals surface area contributed by atoms with Gasteiger partial charge in [0, 0.05) is 17.1 Å². The molecule has 3 rings (SSSR count). The van der Waals surface area contributed by atoms with Crippen LogP contribution in [0.3, 0.4) is 0 Å². The van der Waals surface area contributed by atoms with Gasteiger partial charge in [0.1, 0.15) is 5.82 Å². The first kappa shape index (κ1) is 14.1. The Morgan fingerprint density at radius 1 is 1.43 bits per heavy atom. The van der Waals surface area contributed by atoms with Crippen LogP contribution in [0.1, 0.15) is 29.3 Å². The molecule has 1 aromatic heterocycles. The predicted molar refractivity (Wildman–Crippen MR) is 83.2 cm³/mol. The maximum atomic E-state index is 13.5. The predicted octanol–water partition coefficient (Wildman–Crippen LogP) is 4.56. The van der Waals surface area contributed by atoms with Gasteiger partial charge >= 0.3 is 6.03 Å². The first-order valence-corrected chi connectivity index (χ1v) is 7.90. The molecule has 2 heterocycles. The van der Waals surface area contributed by atoms with E-state index < -0.39 is 0 Å². The number of anilines is 1. The molecular formula is C16H17FN2OS. The molecule has 0 radical (unpaired) electrons. The van der Waals surface area contributed by atoms with Crippen LogP contribution in [0, 0.1) is 12.7 Å². The fraction of sp³-hybridized carbons (Fsp3) is 0.312. The van der Waals surface area contributed by atoms with Crippen LogP contribution in [-0.4, -0.2) is 17.5 Å². The van der Waals surface area contributed by atoms with Gasteiger partial charge in [0.15, 0.2) is 0 Å². The lowest BCUT2D eigenvalue weighted by molar-refractivity contribution is 0.208. The van der Waals surface area contributed by atoms with Crippen molar-refractivity contribution >= 4 is 23.1 Å². The van der Waals surface area contributed by atoms with Crippen LogP contribution >= 0.6 is 11.3 Å². The van der Waals surface area contributed by atoms with Crippen molar-refractivity contribution in [2.24, 2.45) is 0 Å². The Kier molecular flexibility index (Phi) is 3.92. The average molecular weight is 304 g/mol. The van der Waals surface area contributed by atoms with Crippen molar-refractivity contribution in [1.29, 1.82) is 0 Å². The SMILES string of the molecule is Cc1ccc(NC(=O)N2CCC[C@H]2c2cccs2)cc1F. The Balaban J connectivity index is 1.73. The van der Waals surface area contributed by atoms with Gasteiger partial charge in [-0.3, -0.25) is 0 Å². The molecule has 0 bridgehead atoms. The molecule has 3 nitrogen and oxygen atoms in total. The standard InChI is InChI=1S/C16H17FN2OS/c1-11-6-7-12(10-13(11)17)18-16(20)19-8-2-4-14(19)15-5-3-9-21-15/h3,5-7,9-10,14H,2,4,8H2,1H3,(H,18,20)/t14-/m0/s1. The second kappa shape index (κ2) is 5.85. The number of likely N-dealkylation sites (tertiary alicyclic amines) is 1. The van der Waals surface area contributed by atoms with Crippen LogP contribution in [0.5, 0.6) is 0 Å². The molecule has 1 aliphatic heterocycles. The zero-order chi connectivity index (χ0) is 14.8. The molecule has 0 aliphatic carbocycles. The third kappa shape index (κ3) is 2.93. The topological polar surface area (TPSA) is 32.3 Å². The van der Waals surface area contributed by atoms with Crippen molar-refractivity contribution in [3.63, 3.8) is 0 Å². The fourth-order valence-corrected chi connectivity index (χ4v) is 3.53. The van der Waals surface area contributed by atoms with E-state index in [1.807, 2.05) is 16.3 Å². The third-order valence-corrected chi connectivity index (χ3v) is 4.78. The van der Waals surface area contributed by atoms with Gasteiger partial charge in [-0.25, -0.2) is 9.18 Å². The minimum atomic E-state index is -0.302.